The maximum Gasteiger partial charge on any atom is 0.330 e. The number of benzene rings is 1. The average molecular weight is 561 g/mol. The molecule has 1 aromatic carbocycles. The Hall–Kier alpha value is -3.65. The summed E-state index contributed by atoms with van der Waals surface area (Å²) in [5.41, 5.74) is -2.14. The van der Waals surface area contributed by atoms with Crippen LogP contribution in [0.2, 0.25) is 0 Å². The third-order valence-electron chi connectivity index (χ3n) is 9.37. The molecular formula is C33H36O8. The van der Waals surface area contributed by atoms with E-state index in [-0.39, 0.29) is 40.8 Å². The Labute approximate surface area is 239 Å². The van der Waals surface area contributed by atoms with Gasteiger partial charge in [0, 0.05) is 35.0 Å². The number of Topliss-reactive ketones (excluding diaryl/α,β-unsaturated/α-hetero) is 2. The smallest absolute Gasteiger partial charge is 0.330 e. The second-order valence-electron chi connectivity index (χ2n) is 13.2. The van der Waals surface area contributed by atoms with Crippen molar-refractivity contribution in [1.29, 1.82) is 0 Å². The lowest BCUT2D eigenvalue weighted by Gasteiger charge is -2.56. The van der Waals surface area contributed by atoms with Crippen molar-refractivity contribution in [2.45, 2.75) is 90.1 Å². The Morgan fingerprint density at radius 1 is 1.07 bits per heavy atom. The number of carbonyl (C=O) groups excluding carboxylic acids is 2. The van der Waals surface area contributed by atoms with E-state index in [1.54, 1.807) is 12.2 Å². The quantitative estimate of drug-likeness (QED) is 0.357. The number of aliphatic carboxylic acids is 1. The third-order valence-corrected chi connectivity index (χ3v) is 9.37. The van der Waals surface area contributed by atoms with Gasteiger partial charge in [-0.15, -0.1) is 0 Å². The summed E-state index contributed by atoms with van der Waals surface area (Å²) in [5.74, 6) is -2.29. The number of carboxylic acid groups (broad SMARTS) is 1. The highest BCUT2D eigenvalue weighted by Gasteiger charge is 2.81. The van der Waals surface area contributed by atoms with Crippen molar-refractivity contribution in [1.82, 2.24) is 0 Å². The Morgan fingerprint density at radius 2 is 1.78 bits per heavy atom. The van der Waals surface area contributed by atoms with Crippen LogP contribution in [0, 0.1) is 11.8 Å². The van der Waals surface area contributed by atoms with Crippen LogP contribution in [0.4, 0.5) is 0 Å². The molecule has 1 saturated heterocycles. The van der Waals surface area contributed by atoms with E-state index in [9.17, 15) is 24.6 Å². The summed E-state index contributed by atoms with van der Waals surface area (Å²) in [5, 5.41) is 21.1. The number of phenolic OH excluding ortho intramolecular Hbond substituents is 1. The fourth-order valence-electron chi connectivity index (χ4n) is 7.44. The van der Waals surface area contributed by atoms with Crippen LogP contribution >= 0.6 is 0 Å². The summed E-state index contributed by atoms with van der Waals surface area (Å²) in [4.78, 5) is 40.4. The van der Waals surface area contributed by atoms with Crippen LogP contribution in [0.3, 0.4) is 0 Å². The first-order valence-electron chi connectivity index (χ1n) is 14.1. The summed E-state index contributed by atoms with van der Waals surface area (Å²) in [6, 6.07) is 0. The van der Waals surface area contributed by atoms with Crippen LogP contribution < -0.4 is 9.47 Å². The highest BCUT2D eigenvalue weighted by Crippen LogP contribution is 2.68. The number of allylic oxidation sites excluding steroid dienone is 3. The van der Waals surface area contributed by atoms with Crippen LogP contribution in [-0.2, 0) is 20.7 Å². The van der Waals surface area contributed by atoms with Crippen molar-refractivity contribution in [2.24, 2.45) is 11.8 Å². The zero-order valence-corrected chi connectivity index (χ0v) is 24.5. The summed E-state index contributed by atoms with van der Waals surface area (Å²) >= 11 is 0. The van der Waals surface area contributed by atoms with E-state index in [0.717, 1.165) is 5.57 Å². The molecule has 3 aliphatic carbocycles. The van der Waals surface area contributed by atoms with E-state index in [1.807, 2.05) is 53.7 Å². The molecule has 0 aromatic heterocycles. The van der Waals surface area contributed by atoms with Crippen LogP contribution in [0.1, 0.15) is 82.8 Å². The van der Waals surface area contributed by atoms with E-state index in [0.29, 0.717) is 35.3 Å². The maximum absolute atomic E-state index is 14.5. The lowest BCUT2D eigenvalue weighted by Crippen LogP contribution is -2.72. The Kier molecular flexibility index (Phi) is 5.67. The number of phenols is 1. The second-order valence-corrected chi connectivity index (χ2v) is 13.2. The molecule has 8 heteroatoms. The van der Waals surface area contributed by atoms with Gasteiger partial charge < -0.3 is 24.4 Å². The number of aromatic hydroxyl groups is 1. The molecule has 8 nitrogen and oxygen atoms in total. The van der Waals surface area contributed by atoms with E-state index in [2.05, 4.69) is 0 Å². The monoisotopic (exact) mass is 560 g/mol. The molecule has 4 bridgehead atoms. The average Bonchev–Trinajstić information content (AvgIpc) is 3.03. The van der Waals surface area contributed by atoms with Crippen molar-refractivity contribution in [3.8, 4) is 17.2 Å². The van der Waals surface area contributed by atoms with E-state index < -0.39 is 40.1 Å². The molecule has 0 radical (unpaired) electrons. The summed E-state index contributed by atoms with van der Waals surface area (Å²) in [6.45, 7) is 13.0. The van der Waals surface area contributed by atoms with Gasteiger partial charge in [0.15, 0.2) is 22.8 Å². The van der Waals surface area contributed by atoms with Gasteiger partial charge in [0.05, 0.1) is 11.2 Å². The third kappa shape index (κ3) is 3.52. The minimum atomic E-state index is -1.61. The number of rotatable bonds is 5. The Balaban J connectivity index is 1.66. The van der Waals surface area contributed by atoms with Crippen molar-refractivity contribution < 1.29 is 38.8 Å². The van der Waals surface area contributed by atoms with Gasteiger partial charge >= 0.3 is 5.97 Å². The van der Waals surface area contributed by atoms with Crippen LogP contribution in [0.15, 0.2) is 41.0 Å². The highest BCUT2D eigenvalue weighted by molar-refractivity contribution is 6.19. The minimum Gasteiger partial charge on any atom is -0.506 e. The SMILES string of the molecule is CC(C)=CCc1c2c(c(O)c3c1O[C@]14C(=C[C@@H]5C[C@@H]1C(C)(C)OC4(C/C=C(\C)C(=O)O)C5=O)C3=O)C=CC(C)(C)O2. The summed E-state index contributed by atoms with van der Waals surface area (Å²) in [7, 11) is 0. The molecule has 1 aromatic rings. The van der Waals surface area contributed by atoms with Gasteiger partial charge in [-0.25, -0.2) is 4.79 Å². The molecule has 1 spiro atoms. The number of fused-ring (bicyclic) bond motifs is 2. The van der Waals surface area contributed by atoms with Crippen molar-refractivity contribution in [3.63, 3.8) is 0 Å². The molecular weight excluding hydrogens is 524 g/mol. The van der Waals surface area contributed by atoms with Gasteiger partial charge in [0.2, 0.25) is 0 Å². The molecule has 1 saturated carbocycles. The van der Waals surface area contributed by atoms with Gasteiger partial charge in [0.1, 0.15) is 28.4 Å². The van der Waals surface area contributed by atoms with Gasteiger partial charge in [-0.05, 0) is 73.5 Å². The molecule has 3 heterocycles. The minimum absolute atomic E-state index is 0.0513. The van der Waals surface area contributed by atoms with Crippen molar-refractivity contribution >= 4 is 23.6 Å². The number of carbonyl (C=O) groups is 3. The first kappa shape index (κ1) is 27.5. The topological polar surface area (TPSA) is 119 Å². The number of ketones is 2. The Morgan fingerprint density at radius 3 is 2.44 bits per heavy atom. The first-order valence-corrected chi connectivity index (χ1v) is 14.1. The van der Waals surface area contributed by atoms with Crippen LogP contribution in [0.5, 0.6) is 17.2 Å². The van der Waals surface area contributed by atoms with Crippen molar-refractivity contribution in [3.05, 3.63) is 57.7 Å². The molecule has 2 N–H and O–H groups in total. The number of hydrogen-bond donors (Lipinski definition) is 2. The lowest BCUT2D eigenvalue weighted by atomic mass is 9.51. The molecule has 3 aliphatic heterocycles. The zero-order valence-electron chi connectivity index (χ0n) is 24.5. The molecule has 2 fully saturated rings. The second kappa shape index (κ2) is 8.44. The standard InChI is InChI=1S/C33H36O8/c1-16(2)8-9-20-26-19(11-12-30(4,5)39-26)24(34)23-25(35)21-14-18-15-22-31(6,7)41-32(28(18)36,13-10-17(3)29(37)38)33(21,22)40-27(20)23/h8,10-12,14,18,22,34H,9,13,15H2,1-7H3,(H,37,38)/b17-10+/t18-,22-,32?,33-/m1/s1. The highest BCUT2D eigenvalue weighted by atomic mass is 16.6. The van der Waals surface area contributed by atoms with Gasteiger partial charge in [0.25, 0.3) is 0 Å². The molecule has 1 unspecified atom stereocenters. The molecule has 6 aliphatic rings. The summed E-state index contributed by atoms with van der Waals surface area (Å²) in [6.07, 6.45) is 9.54. The molecule has 0 amide bonds. The van der Waals surface area contributed by atoms with Crippen LogP contribution in [-0.4, -0.2) is 50.2 Å². The van der Waals surface area contributed by atoms with Crippen molar-refractivity contribution in [2.75, 3.05) is 0 Å². The molecule has 41 heavy (non-hydrogen) atoms. The van der Waals surface area contributed by atoms with E-state index in [4.69, 9.17) is 14.2 Å². The summed E-state index contributed by atoms with van der Waals surface area (Å²) < 4.78 is 20.1. The largest absolute Gasteiger partial charge is 0.506 e. The lowest BCUT2D eigenvalue weighted by molar-refractivity contribution is -0.171. The van der Waals surface area contributed by atoms with Crippen LogP contribution in [0.25, 0.3) is 6.08 Å². The fourth-order valence-corrected chi connectivity index (χ4v) is 7.44. The molecule has 4 atom stereocenters. The Bertz CT molecular complexity index is 1560. The molecule has 7 rings (SSSR count). The number of carboxylic acids is 1. The van der Waals surface area contributed by atoms with Gasteiger partial charge in [-0.3, -0.25) is 9.59 Å². The van der Waals surface area contributed by atoms with Gasteiger partial charge in [-0.2, -0.15) is 0 Å². The zero-order chi connectivity index (χ0) is 29.9. The predicted molar refractivity (Wildman–Crippen MR) is 151 cm³/mol. The first-order chi connectivity index (χ1) is 19.1. The van der Waals surface area contributed by atoms with E-state index in [1.165, 1.54) is 13.0 Å². The number of ether oxygens (including phenoxy) is 3. The molecule has 216 valence electrons. The fraction of sp³-hybridized carbons (Fsp3) is 0.485. The van der Waals surface area contributed by atoms with Gasteiger partial charge in [-0.1, -0.05) is 23.8 Å². The predicted octanol–water partition coefficient (Wildman–Crippen LogP) is 5.51. The normalized spacial score (nSPS) is 31.4. The number of hydrogen-bond acceptors (Lipinski definition) is 7. The maximum atomic E-state index is 14.5. The van der Waals surface area contributed by atoms with E-state index >= 15 is 0 Å².